The maximum Gasteiger partial charge on any atom is 0.187 e. The average molecular weight is 278 g/mol. The predicted octanol–water partition coefficient (Wildman–Crippen LogP) is 3.38. The Hall–Kier alpha value is -3.06. The topological polar surface area (TPSA) is 62.1 Å². The highest BCUT2D eigenvalue weighted by Gasteiger charge is 2.02. The second-order valence-corrected chi connectivity index (χ2v) is 4.23. The first-order chi connectivity index (χ1) is 10.2. The Morgan fingerprint density at radius 3 is 2.57 bits per heavy atom. The minimum Gasteiger partial charge on any atom is -0.497 e. The Morgan fingerprint density at radius 2 is 1.90 bits per heavy atom. The van der Waals surface area contributed by atoms with E-state index in [2.05, 4.69) is 11.4 Å². The van der Waals surface area contributed by atoms with Gasteiger partial charge in [0.1, 0.15) is 11.8 Å². The van der Waals surface area contributed by atoms with Crippen LogP contribution in [0.2, 0.25) is 0 Å². The number of methoxy groups -OCH3 is 1. The molecular weight excluding hydrogens is 264 g/mol. The number of nitriles is 1. The van der Waals surface area contributed by atoms with Crippen molar-refractivity contribution in [2.75, 3.05) is 12.4 Å². The van der Waals surface area contributed by atoms with Crippen molar-refractivity contribution < 1.29 is 9.53 Å². The van der Waals surface area contributed by atoms with Gasteiger partial charge in [-0.1, -0.05) is 12.1 Å². The Balaban J connectivity index is 2.03. The summed E-state index contributed by atoms with van der Waals surface area (Å²) in [4.78, 5) is 12.0. The van der Waals surface area contributed by atoms with Crippen LogP contribution in [0.15, 0.2) is 60.8 Å². The molecule has 2 aromatic carbocycles. The molecule has 0 fully saturated rings. The van der Waals surface area contributed by atoms with Crippen molar-refractivity contribution in [2.24, 2.45) is 0 Å². The number of para-hydroxylation sites is 1. The summed E-state index contributed by atoms with van der Waals surface area (Å²) in [5.41, 5.74) is 1.76. The lowest BCUT2D eigenvalue weighted by atomic mass is 10.1. The highest BCUT2D eigenvalue weighted by atomic mass is 16.5. The van der Waals surface area contributed by atoms with Crippen molar-refractivity contribution in [3.05, 3.63) is 71.9 Å². The number of benzene rings is 2. The molecule has 2 rings (SSSR count). The van der Waals surface area contributed by atoms with E-state index in [0.717, 1.165) is 0 Å². The predicted molar refractivity (Wildman–Crippen MR) is 81.2 cm³/mol. The Labute approximate surface area is 123 Å². The minimum atomic E-state index is -0.125. The number of hydrogen-bond donors (Lipinski definition) is 1. The van der Waals surface area contributed by atoms with Gasteiger partial charge < -0.3 is 10.1 Å². The first-order valence-electron chi connectivity index (χ1n) is 6.35. The molecule has 0 aliphatic carbocycles. The molecule has 0 amide bonds. The van der Waals surface area contributed by atoms with E-state index in [9.17, 15) is 4.79 Å². The average Bonchev–Trinajstić information content (AvgIpc) is 2.55. The molecule has 0 unspecified atom stereocenters. The van der Waals surface area contributed by atoms with Gasteiger partial charge in [-0.15, -0.1) is 0 Å². The molecule has 0 aliphatic heterocycles. The van der Waals surface area contributed by atoms with E-state index in [1.165, 1.54) is 12.3 Å². The quantitative estimate of drug-likeness (QED) is 0.672. The number of carbonyl (C=O) groups excluding carboxylic acids is 1. The van der Waals surface area contributed by atoms with E-state index in [0.29, 0.717) is 22.6 Å². The molecule has 0 radical (unpaired) electrons. The smallest absolute Gasteiger partial charge is 0.187 e. The maximum absolute atomic E-state index is 12.0. The van der Waals surface area contributed by atoms with Gasteiger partial charge in [0.05, 0.1) is 18.4 Å². The van der Waals surface area contributed by atoms with Gasteiger partial charge >= 0.3 is 0 Å². The van der Waals surface area contributed by atoms with Gasteiger partial charge in [0.2, 0.25) is 0 Å². The van der Waals surface area contributed by atoms with Crippen LogP contribution in [0.1, 0.15) is 15.9 Å². The first-order valence-corrected chi connectivity index (χ1v) is 6.35. The van der Waals surface area contributed by atoms with Crippen LogP contribution in [0.3, 0.4) is 0 Å². The molecule has 0 saturated heterocycles. The fraction of sp³-hybridized carbons (Fsp3) is 0.0588. The number of ketones is 1. The van der Waals surface area contributed by atoms with Gasteiger partial charge in [0.25, 0.3) is 0 Å². The number of nitrogens with zero attached hydrogens (tertiary/aromatic N) is 1. The van der Waals surface area contributed by atoms with Crippen LogP contribution >= 0.6 is 0 Å². The zero-order chi connectivity index (χ0) is 15.1. The van der Waals surface area contributed by atoms with Crippen LogP contribution < -0.4 is 10.1 Å². The fourth-order valence-corrected chi connectivity index (χ4v) is 1.77. The van der Waals surface area contributed by atoms with Crippen LogP contribution in [0.25, 0.3) is 0 Å². The summed E-state index contributed by atoms with van der Waals surface area (Å²) in [6.07, 6.45) is 2.96. The van der Waals surface area contributed by atoms with E-state index in [1.807, 2.05) is 6.07 Å². The number of allylic oxidation sites excluding steroid dienone is 1. The van der Waals surface area contributed by atoms with E-state index in [1.54, 1.807) is 49.6 Å². The third-order valence-corrected chi connectivity index (χ3v) is 2.90. The number of carbonyl (C=O) groups is 1. The van der Waals surface area contributed by atoms with Crippen molar-refractivity contribution in [3.63, 3.8) is 0 Å². The molecule has 21 heavy (non-hydrogen) atoms. The lowest BCUT2D eigenvalue weighted by molar-refractivity contribution is 0.104. The van der Waals surface area contributed by atoms with E-state index < -0.39 is 0 Å². The van der Waals surface area contributed by atoms with Crippen LogP contribution in [-0.4, -0.2) is 12.9 Å². The van der Waals surface area contributed by atoms with Gasteiger partial charge in [-0.25, -0.2) is 0 Å². The van der Waals surface area contributed by atoms with Crippen molar-refractivity contribution in [3.8, 4) is 11.8 Å². The van der Waals surface area contributed by atoms with Gasteiger partial charge in [-0.3, -0.25) is 4.79 Å². The number of anilines is 1. The van der Waals surface area contributed by atoms with Gasteiger partial charge in [-0.2, -0.15) is 5.26 Å². The molecule has 0 spiro atoms. The fourth-order valence-electron chi connectivity index (χ4n) is 1.77. The number of nitrogens with one attached hydrogen (secondary N) is 1. The third kappa shape index (κ3) is 3.71. The Bertz CT molecular complexity index is 697. The lowest BCUT2D eigenvalue weighted by Gasteiger charge is -2.02. The first kappa shape index (κ1) is 14.4. The molecule has 104 valence electrons. The third-order valence-electron chi connectivity index (χ3n) is 2.90. The zero-order valence-electron chi connectivity index (χ0n) is 11.5. The number of rotatable bonds is 5. The standard InChI is InChI=1S/C17H14N2O2/c1-21-15-8-6-13(7-9-15)17(20)10-11-19-16-5-3-2-4-14(16)12-18/h2-11,19H,1H3/b11-10-. The monoisotopic (exact) mass is 278 g/mol. The lowest BCUT2D eigenvalue weighted by Crippen LogP contribution is -1.97. The Morgan fingerprint density at radius 1 is 1.19 bits per heavy atom. The molecule has 0 aromatic heterocycles. The normalized spacial score (nSPS) is 10.1. The molecule has 0 heterocycles. The molecule has 4 heteroatoms. The SMILES string of the molecule is COc1ccc(C(=O)/C=C\Nc2ccccc2C#N)cc1. The van der Waals surface area contributed by atoms with Crippen LogP contribution in [0, 0.1) is 11.3 Å². The molecule has 2 aromatic rings. The molecule has 0 atom stereocenters. The van der Waals surface area contributed by atoms with Gasteiger partial charge in [-0.05, 0) is 36.4 Å². The van der Waals surface area contributed by atoms with E-state index in [4.69, 9.17) is 10.00 Å². The minimum absolute atomic E-state index is 0.125. The largest absolute Gasteiger partial charge is 0.497 e. The van der Waals surface area contributed by atoms with Crippen molar-refractivity contribution in [1.82, 2.24) is 0 Å². The van der Waals surface area contributed by atoms with Crippen molar-refractivity contribution in [2.45, 2.75) is 0 Å². The molecule has 0 bridgehead atoms. The maximum atomic E-state index is 12.0. The van der Waals surface area contributed by atoms with Crippen LogP contribution in [0.4, 0.5) is 5.69 Å². The summed E-state index contributed by atoms with van der Waals surface area (Å²) in [5.74, 6) is 0.580. The highest BCUT2D eigenvalue weighted by Crippen LogP contribution is 2.14. The molecular formula is C17H14N2O2. The Kier molecular flexibility index (Phi) is 4.73. The second kappa shape index (κ2) is 6.92. The summed E-state index contributed by atoms with van der Waals surface area (Å²) < 4.78 is 5.04. The summed E-state index contributed by atoms with van der Waals surface area (Å²) in [6.45, 7) is 0. The summed E-state index contributed by atoms with van der Waals surface area (Å²) in [5, 5.41) is 11.9. The summed E-state index contributed by atoms with van der Waals surface area (Å²) >= 11 is 0. The van der Waals surface area contributed by atoms with Crippen molar-refractivity contribution >= 4 is 11.5 Å². The zero-order valence-corrected chi connectivity index (χ0v) is 11.5. The number of hydrogen-bond acceptors (Lipinski definition) is 4. The molecule has 1 N–H and O–H groups in total. The number of ether oxygens (including phenoxy) is 1. The van der Waals surface area contributed by atoms with Gasteiger partial charge in [0.15, 0.2) is 5.78 Å². The van der Waals surface area contributed by atoms with Gasteiger partial charge in [0, 0.05) is 17.8 Å². The highest BCUT2D eigenvalue weighted by molar-refractivity contribution is 6.04. The van der Waals surface area contributed by atoms with E-state index >= 15 is 0 Å². The van der Waals surface area contributed by atoms with E-state index in [-0.39, 0.29) is 5.78 Å². The van der Waals surface area contributed by atoms with Crippen LogP contribution in [-0.2, 0) is 0 Å². The van der Waals surface area contributed by atoms with Crippen LogP contribution in [0.5, 0.6) is 5.75 Å². The summed E-state index contributed by atoms with van der Waals surface area (Å²) in [7, 11) is 1.58. The molecule has 0 saturated carbocycles. The molecule has 0 aliphatic rings. The summed E-state index contributed by atoms with van der Waals surface area (Å²) in [6, 6.07) is 16.1. The van der Waals surface area contributed by atoms with Crippen molar-refractivity contribution in [1.29, 1.82) is 5.26 Å². The second-order valence-electron chi connectivity index (χ2n) is 4.23. The molecule has 4 nitrogen and oxygen atoms in total.